The normalized spacial score (nSPS) is 16.6. The molecule has 88 valence electrons. The zero-order valence-electron chi connectivity index (χ0n) is 10.3. The highest BCUT2D eigenvalue weighted by atomic mass is 15.3. The van der Waals surface area contributed by atoms with Gasteiger partial charge in [0.1, 0.15) is 12.1 Å². The van der Waals surface area contributed by atoms with Crippen LogP contribution in [0.1, 0.15) is 19.5 Å². The molecule has 4 heteroatoms. The van der Waals surface area contributed by atoms with Gasteiger partial charge in [-0.05, 0) is 19.4 Å². The second kappa shape index (κ2) is 4.78. The van der Waals surface area contributed by atoms with Crippen LogP contribution in [0, 0.1) is 5.92 Å². The summed E-state index contributed by atoms with van der Waals surface area (Å²) in [6.07, 6.45) is 2.71. The van der Waals surface area contributed by atoms with Crippen molar-refractivity contribution < 1.29 is 0 Å². The maximum atomic E-state index is 4.32. The van der Waals surface area contributed by atoms with Gasteiger partial charge in [0.15, 0.2) is 0 Å². The Bertz CT molecular complexity index is 345. The van der Waals surface area contributed by atoms with Crippen molar-refractivity contribution in [3.8, 4) is 0 Å². The highest BCUT2D eigenvalue weighted by molar-refractivity contribution is 5.42. The molecule has 2 heterocycles. The van der Waals surface area contributed by atoms with Gasteiger partial charge in [-0.25, -0.2) is 9.97 Å². The molecule has 0 amide bonds. The van der Waals surface area contributed by atoms with E-state index in [4.69, 9.17) is 0 Å². The van der Waals surface area contributed by atoms with E-state index in [0.717, 1.165) is 31.0 Å². The standard InChI is InChI=1S/C12H20N4/c1-9(2)4-10-5-12(15-8-14-10)16-6-11(7-16)13-3/h5,8-9,11,13H,4,6-7H2,1-3H3. The Morgan fingerprint density at radius 1 is 1.44 bits per heavy atom. The molecule has 0 atom stereocenters. The predicted molar refractivity (Wildman–Crippen MR) is 65.6 cm³/mol. The third-order valence-corrected chi connectivity index (χ3v) is 2.94. The van der Waals surface area contributed by atoms with Gasteiger partial charge in [-0.15, -0.1) is 0 Å². The van der Waals surface area contributed by atoms with Crippen LogP contribution in [0.5, 0.6) is 0 Å². The molecule has 0 radical (unpaired) electrons. The molecule has 1 aliphatic heterocycles. The second-order valence-electron chi connectivity index (χ2n) is 4.86. The summed E-state index contributed by atoms with van der Waals surface area (Å²) in [7, 11) is 2.01. The van der Waals surface area contributed by atoms with Crippen molar-refractivity contribution in [1.29, 1.82) is 0 Å². The molecule has 1 aliphatic rings. The predicted octanol–water partition coefficient (Wildman–Crippen LogP) is 1.08. The Morgan fingerprint density at radius 2 is 2.19 bits per heavy atom. The van der Waals surface area contributed by atoms with E-state index in [1.165, 1.54) is 0 Å². The van der Waals surface area contributed by atoms with Gasteiger partial charge in [0.05, 0.1) is 0 Å². The monoisotopic (exact) mass is 220 g/mol. The fourth-order valence-electron chi connectivity index (χ4n) is 1.94. The van der Waals surface area contributed by atoms with Crippen LogP contribution in [-0.4, -0.2) is 36.1 Å². The largest absolute Gasteiger partial charge is 0.353 e. The number of anilines is 1. The summed E-state index contributed by atoms with van der Waals surface area (Å²) in [5.41, 5.74) is 1.15. The molecule has 0 bridgehead atoms. The highest BCUT2D eigenvalue weighted by Crippen LogP contribution is 2.19. The third-order valence-electron chi connectivity index (χ3n) is 2.94. The van der Waals surface area contributed by atoms with Gasteiger partial charge in [-0.1, -0.05) is 13.8 Å². The van der Waals surface area contributed by atoms with Gasteiger partial charge in [-0.3, -0.25) is 0 Å². The maximum Gasteiger partial charge on any atom is 0.132 e. The summed E-state index contributed by atoms with van der Waals surface area (Å²) in [5, 5.41) is 3.26. The summed E-state index contributed by atoms with van der Waals surface area (Å²) >= 11 is 0. The second-order valence-corrected chi connectivity index (χ2v) is 4.86. The molecular formula is C12H20N4. The van der Waals surface area contributed by atoms with Crippen LogP contribution in [0.3, 0.4) is 0 Å². The van der Waals surface area contributed by atoms with Crippen LogP contribution >= 0.6 is 0 Å². The van der Waals surface area contributed by atoms with Crippen LogP contribution in [0.15, 0.2) is 12.4 Å². The van der Waals surface area contributed by atoms with Crippen LogP contribution in [0.2, 0.25) is 0 Å². The van der Waals surface area contributed by atoms with Gasteiger partial charge in [0.2, 0.25) is 0 Å². The summed E-state index contributed by atoms with van der Waals surface area (Å²) in [6, 6.07) is 2.73. The SMILES string of the molecule is CNC1CN(c2cc(CC(C)C)ncn2)C1. The van der Waals surface area contributed by atoms with Gasteiger partial charge in [-0.2, -0.15) is 0 Å². The minimum absolute atomic E-state index is 0.614. The summed E-state index contributed by atoms with van der Waals surface area (Å²) < 4.78 is 0. The molecule has 2 rings (SSSR count). The zero-order chi connectivity index (χ0) is 11.5. The van der Waals surface area contributed by atoms with Crippen LogP contribution in [0.25, 0.3) is 0 Å². The molecule has 0 aromatic carbocycles. The Labute approximate surface area is 97.1 Å². The lowest BCUT2D eigenvalue weighted by atomic mass is 10.1. The van der Waals surface area contributed by atoms with Crippen molar-refractivity contribution in [1.82, 2.24) is 15.3 Å². The lowest BCUT2D eigenvalue weighted by Gasteiger charge is -2.39. The number of hydrogen-bond donors (Lipinski definition) is 1. The molecule has 1 fully saturated rings. The fourth-order valence-corrected chi connectivity index (χ4v) is 1.94. The summed E-state index contributed by atoms with van der Waals surface area (Å²) in [6.45, 7) is 6.52. The average molecular weight is 220 g/mol. The van der Waals surface area contributed by atoms with Crippen LogP contribution < -0.4 is 10.2 Å². The molecule has 16 heavy (non-hydrogen) atoms. The lowest BCUT2D eigenvalue weighted by molar-refractivity contribution is 0.446. The third kappa shape index (κ3) is 2.50. The van der Waals surface area contributed by atoms with Crippen molar-refractivity contribution >= 4 is 5.82 Å². The van der Waals surface area contributed by atoms with E-state index < -0.39 is 0 Å². The number of aromatic nitrogens is 2. The number of rotatable bonds is 4. The molecule has 1 aromatic heterocycles. The molecule has 1 aromatic rings. The number of nitrogens with one attached hydrogen (secondary N) is 1. The van der Waals surface area contributed by atoms with Gasteiger partial charge in [0.25, 0.3) is 0 Å². The molecule has 0 spiro atoms. The Hall–Kier alpha value is -1.16. The first-order valence-electron chi connectivity index (χ1n) is 5.92. The van der Waals surface area contributed by atoms with Crippen molar-refractivity contribution in [3.63, 3.8) is 0 Å². The van der Waals surface area contributed by atoms with Gasteiger partial charge in [0, 0.05) is 30.9 Å². The maximum absolute atomic E-state index is 4.32. The van der Waals surface area contributed by atoms with E-state index >= 15 is 0 Å². The van der Waals surface area contributed by atoms with E-state index in [9.17, 15) is 0 Å². The zero-order valence-corrected chi connectivity index (χ0v) is 10.3. The van der Waals surface area contributed by atoms with E-state index in [2.05, 4.69) is 40.1 Å². The first kappa shape index (κ1) is 11.3. The van der Waals surface area contributed by atoms with Gasteiger partial charge < -0.3 is 10.2 Å². The first-order valence-corrected chi connectivity index (χ1v) is 5.92. The summed E-state index contributed by atoms with van der Waals surface area (Å²) in [5.74, 6) is 1.71. The van der Waals surface area contributed by atoms with Crippen molar-refractivity contribution in [3.05, 3.63) is 18.1 Å². The average Bonchev–Trinajstić information content (AvgIpc) is 2.15. The molecule has 0 unspecified atom stereocenters. The van der Waals surface area contributed by atoms with E-state index in [-0.39, 0.29) is 0 Å². The minimum Gasteiger partial charge on any atom is -0.353 e. The molecular weight excluding hydrogens is 200 g/mol. The number of likely N-dealkylation sites (N-methyl/N-ethyl adjacent to an activating group) is 1. The van der Waals surface area contributed by atoms with Crippen molar-refractivity contribution in [2.24, 2.45) is 5.92 Å². The topological polar surface area (TPSA) is 41.0 Å². The Kier molecular flexibility index (Phi) is 3.39. The molecule has 0 saturated carbocycles. The number of nitrogens with zero attached hydrogens (tertiary/aromatic N) is 3. The Morgan fingerprint density at radius 3 is 2.81 bits per heavy atom. The molecule has 1 N–H and O–H groups in total. The molecule has 4 nitrogen and oxygen atoms in total. The summed E-state index contributed by atoms with van der Waals surface area (Å²) in [4.78, 5) is 10.9. The quantitative estimate of drug-likeness (QED) is 0.824. The molecule has 0 aliphatic carbocycles. The van der Waals surface area contributed by atoms with Crippen molar-refractivity contribution in [2.75, 3.05) is 25.0 Å². The Balaban J connectivity index is 2.00. The first-order chi connectivity index (χ1) is 7.69. The van der Waals surface area contributed by atoms with Crippen LogP contribution in [-0.2, 0) is 6.42 Å². The lowest BCUT2D eigenvalue weighted by Crippen LogP contribution is -2.57. The highest BCUT2D eigenvalue weighted by Gasteiger charge is 2.26. The number of hydrogen-bond acceptors (Lipinski definition) is 4. The van der Waals surface area contributed by atoms with E-state index in [1.54, 1.807) is 6.33 Å². The minimum atomic E-state index is 0.614. The van der Waals surface area contributed by atoms with Crippen LogP contribution in [0.4, 0.5) is 5.82 Å². The molecule has 1 saturated heterocycles. The van der Waals surface area contributed by atoms with E-state index in [0.29, 0.717) is 12.0 Å². The van der Waals surface area contributed by atoms with Gasteiger partial charge >= 0.3 is 0 Å². The van der Waals surface area contributed by atoms with E-state index in [1.807, 2.05) is 7.05 Å². The fraction of sp³-hybridized carbons (Fsp3) is 0.667. The van der Waals surface area contributed by atoms with Crippen molar-refractivity contribution in [2.45, 2.75) is 26.3 Å². The smallest absolute Gasteiger partial charge is 0.132 e.